The number of fused-ring (bicyclic) bond motifs is 1. The molecule has 1 aromatic heterocycles. The van der Waals surface area contributed by atoms with Gasteiger partial charge >= 0.3 is 6.18 Å². The van der Waals surface area contributed by atoms with Crippen molar-refractivity contribution >= 4 is 23.7 Å². The van der Waals surface area contributed by atoms with Gasteiger partial charge in [-0.1, -0.05) is 6.07 Å². The summed E-state index contributed by atoms with van der Waals surface area (Å²) in [5.74, 6) is 0.270. The van der Waals surface area contributed by atoms with Crippen LogP contribution < -0.4 is 0 Å². The van der Waals surface area contributed by atoms with E-state index in [9.17, 15) is 13.2 Å². The smallest absolute Gasteiger partial charge is 0.399 e. The summed E-state index contributed by atoms with van der Waals surface area (Å²) in [4.78, 5) is 0. The minimum absolute atomic E-state index is 0.00498. The fourth-order valence-electron chi connectivity index (χ4n) is 2.39. The maximum atomic E-state index is 13.0. The summed E-state index contributed by atoms with van der Waals surface area (Å²) in [6.07, 6.45) is -4.07. The van der Waals surface area contributed by atoms with E-state index in [4.69, 9.17) is 9.74 Å². The molecule has 1 aliphatic rings. The average Bonchev–Trinajstić information content (AvgIpc) is 2.93. The van der Waals surface area contributed by atoms with E-state index >= 15 is 0 Å². The molecular weight excluding hydrogens is 341 g/mol. The third kappa shape index (κ3) is 3.39. The first kappa shape index (κ1) is 15.5. The zero-order valence-electron chi connectivity index (χ0n) is 13.6. The first-order valence-electron chi connectivity index (χ1n) is 7.60. The van der Waals surface area contributed by atoms with E-state index in [0.717, 1.165) is 12.1 Å². The molecule has 24 heavy (non-hydrogen) atoms. The molecule has 0 unspecified atom stereocenters. The first-order chi connectivity index (χ1) is 11.9. The summed E-state index contributed by atoms with van der Waals surface area (Å²) in [6, 6.07) is 6.61. The maximum Gasteiger partial charge on any atom is 0.416 e. The third-order valence-electron chi connectivity index (χ3n) is 3.45. The zero-order chi connectivity index (χ0) is 18.0. The molecule has 0 N–H and O–H groups in total. The normalized spacial score (nSPS) is 14.6. The van der Waals surface area contributed by atoms with Gasteiger partial charge in [0, 0.05) is 23.7 Å². The fourth-order valence-corrected chi connectivity index (χ4v) is 2.79. The van der Waals surface area contributed by atoms with Crippen molar-refractivity contribution in [3.05, 3.63) is 58.9 Å². The van der Waals surface area contributed by atoms with E-state index < -0.39 is 11.7 Å². The lowest BCUT2D eigenvalue weighted by Crippen LogP contribution is -2.05. The number of benzene rings is 1. The highest BCUT2D eigenvalue weighted by atomic mass is 32.2. The fraction of sp³-hybridized carbons (Fsp3) is 0.250. The Labute approximate surface area is 142 Å². The molecule has 0 saturated carbocycles. The predicted octanol–water partition coefficient (Wildman–Crippen LogP) is 4.54. The van der Waals surface area contributed by atoms with Crippen molar-refractivity contribution in [1.82, 2.24) is 10.2 Å². The van der Waals surface area contributed by atoms with Gasteiger partial charge in [-0.2, -0.15) is 23.4 Å². The average molecular weight is 356 g/mol. The summed E-state index contributed by atoms with van der Waals surface area (Å²) < 4.78 is 57.1. The van der Waals surface area contributed by atoms with Crippen LogP contribution in [0.3, 0.4) is 0 Å². The van der Waals surface area contributed by atoms with E-state index in [1.165, 1.54) is 12.1 Å². The quantitative estimate of drug-likeness (QED) is 0.581. The Morgan fingerprint density at radius 2 is 2.17 bits per heavy atom. The predicted molar refractivity (Wildman–Crippen MR) is 84.3 cm³/mol. The number of hydrogen-bond acceptors (Lipinski definition) is 5. The van der Waals surface area contributed by atoms with Crippen LogP contribution in [0.2, 0.25) is 0 Å². The van der Waals surface area contributed by atoms with Gasteiger partial charge in [-0.05, 0) is 36.8 Å². The van der Waals surface area contributed by atoms with E-state index in [2.05, 4.69) is 10.2 Å². The molecule has 3 rings (SSSR count). The minimum atomic E-state index is -4.44. The second-order valence-electron chi connectivity index (χ2n) is 4.96. The summed E-state index contributed by atoms with van der Waals surface area (Å²) in [7, 11) is 0. The van der Waals surface area contributed by atoms with Gasteiger partial charge in [-0.15, -0.1) is 0 Å². The van der Waals surface area contributed by atoms with Crippen LogP contribution in [0, 0.1) is 0 Å². The van der Waals surface area contributed by atoms with Crippen LogP contribution in [0.4, 0.5) is 13.2 Å². The Bertz CT molecular complexity index is 810. The van der Waals surface area contributed by atoms with Crippen LogP contribution in [0.1, 0.15) is 30.7 Å². The van der Waals surface area contributed by atoms with Gasteiger partial charge in [-0.25, -0.2) is 0 Å². The molecule has 1 aromatic carbocycles. The number of allylic oxidation sites excluding steroid dienone is 1. The van der Waals surface area contributed by atoms with Gasteiger partial charge in [0.05, 0.1) is 19.2 Å². The summed E-state index contributed by atoms with van der Waals surface area (Å²) in [5, 5.41) is 7.63. The molecule has 0 aliphatic heterocycles. The summed E-state index contributed by atoms with van der Waals surface area (Å²) in [6.45, 7) is 2.16. The summed E-state index contributed by atoms with van der Waals surface area (Å²) in [5.41, 5.74) is 1.37. The highest BCUT2D eigenvalue weighted by molar-refractivity contribution is 7.90. The highest BCUT2D eigenvalue weighted by Gasteiger charge is 2.34. The largest absolute Gasteiger partial charge is 0.416 e. The van der Waals surface area contributed by atoms with Gasteiger partial charge in [0.2, 0.25) is 12.3 Å². The van der Waals surface area contributed by atoms with E-state index in [1.54, 1.807) is 13.0 Å². The molecule has 0 bridgehead atoms. The number of aromatic nitrogens is 2. The van der Waals surface area contributed by atoms with Crippen molar-refractivity contribution in [2.45, 2.75) is 19.5 Å². The molecule has 0 spiro atoms. The number of alkyl halides is 3. The molecule has 0 atom stereocenters. The number of nitrogens with zero attached hydrogens (tertiary/aromatic N) is 2. The molecule has 0 radical (unpaired) electrons. The van der Waals surface area contributed by atoms with Gasteiger partial charge in [0.15, 0.2) is 5.76 Å². The van der Waals surface area contributed by atoms with Crippen LogP contribution in [-0.2, 0) is 21.0 Å². The maximum absolute atomic E-state index is 13.0. The van der Waals surface area contributed by atoms with Crippen LogP contribution >= 0.6 is 12.3 Å². The van der Waals surface area contributed by atoms with Crippen molar-refractivity contribution in [2.75, 3.05) is 6.61 Å². The number of halogens is 3. The number of hydrogen-bond donors (Lipinski definition) is 0. The van der Waals surface area contributed by atoms with Gasteiger partial charge in [0.25, 0.3) is 0 Å². The van der Waals surface area contributed by atoms with E-state index in [-0.39, 0.29) is 11.9 Å². The van der Waals surface area contributed by atoms with Crippen molar-refractivity contribution < 1.29 is 22.9 Å². The van der Waals surface area contributed by atoms with Crippen LogP contribution in [-0.4, -0.2) is 16.8 Å². The Morgan fingerprint density at radius 1 is 1.33 bits per heavy atom. The van der Waals surface area contributed by atoms with Gasteiger partial charge in [-0.3, -0.25) is 4.18 Å². The molecule has 2 aromatic rings. The Kier molecular flexibility index (Phi) is 4.40. The van der Waals surface area contributed by atoms with Gasteiger partial charge < -0.3 is 4.18 Å². The van der Waals surface area contributed by atoms with Crippen LogP contribution in [0.5, 0.6) is 0 Å². The Morgan fingerprint density at radius 3 is 2.83 bits per heavy atom. The highest BCUT2D eigenvalue weighted by Crippen LogP contribution is 2.42. The lowest BCUT2D eigenvalue weighted by atomic mass is 10.0. The Balaban J connectivity index is 2.05. The van der Waals surface area contributed by atoms with Crippen LogP contribution in [0.15, 0.2) is 36.5 Å². The molecule has 0 amide bonds. The molecule has 4 nitrogen and oxygen atoms in total. The van der Waals surface area contributed by atoms with Crippen molar-refractivity contribution in [2.24, 2.45) is 0 Å². The lowest BCUT2D eigenvalue weighted by molar-refractivity contribution is -0.137. The molecule has 1 aliphatic carbocycles. The molecule has 126 valence electrons. The van der Waals surface area contributed by atoms with Crippen LogP contribution in [0.25, 0.3) is 11.3 Å². The SMILES string of the molecule is [3H]c1ccc(C2=C(OSOCC)c3cc(C(F)(F)F)ccc3C2)nn1. The number of rotatable bonds is 5. The van der Waals surface area contributed by atoms with Crippen molar-refractivity contribution in [3.63, 3.8) is 0 Å². The minimum Gasteiger partial charge on any atom is -0.399 e. The van der Waals surface area contributed by atoms with Crippen molar-refractivity contribution in [3.8, 4) is 0 Å². The Hall–Kier alpha value is -2.06. The van der Waals surface area contributed by atoms with E-state index in [0.29, 0.717) is 47.7 Å². The topological polar surface area (TPSA) is 44.2 Å². The summed E-state index contributed by atoms with van der Waals surface area (Å²) >= 11 is 0.705. The van der Waals surface area contributed by atoms with Crippen molar-refractivity contribution in [1.29, 1.82) is 0 Å². The van der Waals surface area contributed by atoms with Gasteiger partial charge in [0.1, 0.15) is 0 Å². The molecule has 0 fully saturated rings. The standard InChI is InChI=1S/C16H13F3N2O2S/c1-2-22-24-23-15-12-9-11(16(17,18)19)6-5-10(12)8-13(15)14-4-3-7-20-21-14/h3-7,9H,2,8H2,1H3/i7T. The molecule has 1 heterocycles. The molecular formula is C16H13F3N2O2S. The molecule has 0 saturated heterocycles. The molecule has 8 heteroatoms. The van der Waals surface area contributed by atoms with E-state index in [1.807, 2.05) is 0 Å². The first-order valence-corrected chi connectivity index (χ1v) is 7.77. The third-order valence-corrected chi connectivity index (χ3v) is 4.01. The monoisotopic (exact) mass is 356 g/mol. The zero-order valence-corrected chi connectivity index (χ0v) is 13.4. The lowest BCUT2D eigenvalue weighted by Gasteiger charge is -2.11. The second-order valence-corrected chi connectivity index (χ2v) is 5.50. The second kappa shape index (κ2) is 6.82.